The molecule has 0 unspecified atom stereocenters. The van der Waals surface area contributed by atoms with E-state index in [2.05, 4.69) is 31.9 Å². The maximum atomic E-state index is 12.2. The van der Waals surface area contributed by atoms with Gasteiger partial charge in [0.05, 0.1) is 11.6 Å². The number of carbonyl (C=O) groups is 1. The smallest absolute Gasteiger partial charge is 0.347 e. The lowest BCUT2D eigenvalue weighted by molar-refractivity contribution is 0.0729. The Kier molecular flexibility index (Phi) is 4.83. The van der Waals surface area contributed by atoms with Gasteiger partial charge < -0.3 is 9.47 Å². The highest BCUT2D eigenvalue weighted by atomic mass is 79.9. The molecule has 0 amide bonds. The van der Waals surface area contributed by atoms with Gasteiger partial charge in [-0.05, 0) is 52.7 Å². The van der Waals surface area contributed by atoms with Crippen molar-refractivity contribution in [2.45, 2.75) is 6.92 Å². The predicted molar refractivity (Wildman–Crippen MR) is 84.5 cm³/mol. The van der Waals surface area contributed by atoms with Crippen molar-refractivity contribution >= 4 is 37.8 Å². The molecule has 0 radical (unpaired) electrons. The first-order chi connectivity index (χ1) is 9.52. The van der Waals surface area contributed by atoms with Gasteiger partial charge in [0.2, 0.25) is 0 Å². The van der Waals surface area contributed by atoms with Gasteiger partial charge in [0, 0.05) is 4.47 Å². The normalized spacial score (nSPS) is 10.2. The van der Waals surface area contributed by atoms with Gasteiger partial charge in [0.15, 0.2) is 0 Å². The quantitative estimate of drug-likeness (QED) is 0.551. The molecule has 0 atom stereocenters. The molecule has 2 aromatic carbocycles. The fraction of sp³-hybridized carbons (Fsp3) is 0.133. The zero-order valence-electron chi connectivity index (χ0n) is 10.9. The number of ether oxygens (including phenoxy) is 2. The van der Waals surface area contributed by atoms with E-state index in [9.17, 15) is 4.79 Å². The Morgan fingerprint density at radius 2 is 1.85 bits per heavy atom. The molecule has 3 nitrogen and oxygen atoms in total. The topological polar surface area (TPSA) is 35.5 Å². The van der Waals surface area contributed by atoms with Crippen molar-refractivity contribution < 1.29 is 14.3 Å². The van der Waals surface area contributed by atoms with Gasteiger partial charge in [-0.15, -0.1) is 0 Å². The van der Waals surface area contributed by atoms with E-state index in [1.807, 2.05) is 19.1 Å². The monoisotopic (exact) mass is 398 g/mol. The summed E-state index contributed by atoms with van der Waals surface area (Å²) in [7, 11) is 1.52. The van der Waals surface area contributed by atoms with Crippen LogP contribution in [0, 0.1) is 6.92 Å². The second-order valence-corrected chi connectivity index (χ2v) is 5.89. The first-order valence-electron chi connectivity index (χ1n) is 5.83. The van der Waals surface area contributed by atoms with E-state index < -0.39 is 5.97 Å². The van der Waals surface area contributed by atoms with Crippen molar-refractivity contribution in [1.82, 2.24) is 0 Å². The van der Waals surface area contributed by atoms with Crippen LogP contribution in [0.25, 0.3) is 0 Å². The third kappa shape index (κ3) is 3.22. The number of esters is 1. The number of rotatable bonds is 3. The summed E-state index contributed by atoms with van der Waals surface area (Å²) < 4.78 is 12.3. The maximum absolute atomic E-state index is 12.2. The number of methoxy groups -OCH3 is 1. The van der Waals surface area contributed by atoms with Gasteiger partial charge in [-0.1, -0.05) is 28.1 Å². The lowest BCUT2D eigenvalue weighted by Gasteiger charge is -2.12. The van der Waals surface area contributed by atoms with Gasteiger partial charge in [-0.2, -0.15) is 0 Å². The van der Waals surface area contributed by atoms with Gasteiger partial charge >= 0.3 is 5.97 Å². The third-order valence-corrected chi connectivity index (χ3v) is 3.76. The lowest BCUT2D eigenvalue weighted by Crippen LogP contribution is -2.11. The number of hydrogen-bond donors (Lipinski definition) is 0. The average molecular weight is 400 g/mol. The summed E-state index contributed by atoms with van der Waals surface area (Å²) >= 11 is 6.79. The SMILES string of the molecule is COc1ccccc1C(=O)Oc1c(C)cc(Br)cc1Br. The number of hydrogen-bond acceptors (Lipinski definition) is 3. The van der Waals surface area contributed by atoms with Crippen LogP contribution < -0.4 is 9.47 Å². The standard InChI is InChI=1S/C15H12Br2O3/c1-9-7-10(16)8-12(17)14(9)20-15(18)11-5-3-4-6-13(11)19-2/h3-8H,1-2H3. The van der Waals surface area contributed by atoms with Crippen LogP contribution in [0.3, 0.4) is 0 Å². The first kappa shape index (κ1) is 15.1. The van der Waals surface area contributed by atoms with Crippen LogP contribution in [0.2, 0.25) is 0 Å². The van der Waals surface area contributed by atoms with E-state index in [1.54, 1.807) is 24.3 Å². The minimum atomic E-state index is -0.450. The highest BCUT2D eigenvalue weighted by Gasteiger charge is 2.17. The maximum Gasteiger partial charge on any atom is 0.347 e. The molecule has 0 aromatic heterocycles. The lowest BCUT2D eigenvalue weighted by atomic mass is 10.2. The minimum absolute atomic E-state index is 0.393. The molecule has 0 spiro atoms. The summed E-state index contributed by atoms with van der Waals surface area (Å²) in [5, 5.41) is 0. The van der Waals surface area contributed by atoms with Crippen molar-refractivity contribution in [2.75, 3.05) is 7.11 Å². The predicted octanol–water partition coefficient (Wildman–Crippen LogP) is 4.75. The molecule has 0 bridgehead atoms. The van der Waals surface area contributed by atoms with Crippen LogP contribution in [0.5, 0.6) is 11.5 Å². The summed E-state index contributed by atoms with van der Waals surface area (Å²) in [6.45, 7) is 1.88. The van der Waals surface area contributed by atoms with E-state index in [-0.39, 0.29) is 0 Å². The summed E-state index contributed by atoms with van der Waals surface area (Å²) in [6.07, 6.45) is 0. The van der Waals surface area contributed by atoms with Crippen LogP contribution in [-0.4, -0.2) is 13.1 Å². The Morgan fingerprint density at radius 1 is 1.15 bits per heavy atom. The summed E-state index contributed by atoms with van der Waals surface area (Å²) in [6, 6.07) is 10.7. The number of aryl methyl sites for hydroxylation is 1. The van der Waals surface area contributed by atoms with Crippen molar-refractivity contribution in [3.05, 3.63) is 56.5 Å². The minimum Gasteiger partial charge on any atom is -0.496 e. The van der Waals surface area contributed by atoms with Crippen LogP contribution in [-0.2, 0) is 0 Å². The fourth-order valence-electron chi connectivity index (χ4n) is 1.78. The summed E-state index contributed by atoms with van der Waals surface area (Å²) in [4.78, 5) is 12.2. The average Bonchev–Trinajstić information content (AvgIpc) is 2.42. The fourth-order valence-corrected chi connectivity index (χ4v) is 3.30. The summed E-state index contributed by atoms with van der Waals surface area (Å²) in [5.41, 5.74) is 1.25. The summed E-state index contributed by atoms with van der Waals surface area (Å²) in [5.74, 6) is 0.543. The van der Waals surface area contributed by atoms with Gasteiger partial charge in [0.1, 0.15) is 17.1 Å². The molecular formula is C15H12Br2O3. The van der Waals surface area contributed by atoms with Gasteiger partial charge in [-0.3, -0.25) is 0 Å². The molecule has 0 heterocycles. The van der Waals surface area contributed by atoms with Crippen LogP contribution >= 0.6 is 31.9 Å². The Labute approximate surface area is 134 Å². The van der Waals surface area contributed by atoms with E-state index in [4.69, 9.17) is 9.47 Å². The number of halogens is 2. The molecule has 0 fully saturated rings. The molecule has 2 aromatic rings. The zero-order valence-corrected chi connectivity index (χ0v) is 14.1. The van der Waals surface area contributed by atoms with Gasteiger partial charge in [0.25, 0.3) is 0 Å². The highest BCUT2D eigenvalue weighted by molar-refractivity contribution is 9.11. The molecular weight excluding hydrogens is 388 g/mol. The molecule has 0 aliphatic rings. The Hall–Kier alpha value is -1.33. The van der Waals surface area contributed by atoms with Gasteiger partial charge in [-0.25, -0.2) is 4.79 Å². The Morgan fingerprint density at radius 3 is 2.50 bits per heavy atom. The molecule has 5 heteroatoms. The van der Waals surface area contributed by atoms with E-state index in [0.29, 0.717) is 21.5 Å². The van der Waals surface area contributed by atoms with Crippen molar-refractivity contribution in [1.29, 1.82) is 0 Å². The van der Waals surface area contributed by atoms with E-state index in [0.717, 1.165) is 10.0 Å². The van der Waals surface area contributed by atoms with E-state index in [1.165, 1.54) is 7.11 Å². The number of para-hydroxylation sites is 1. The van der Waals surface area contributed by atoms with E-state index >= 15 is 0 Å². The molecule has 0 aliphatic heterocycles. The van der Waals surface area contributed by atoms with Crippen molar-refractivity contribution in [3.63, 3.8) is 0 Å². The van der Waals surface area contributed by atoms with Crippen LogP contribution in [0.15, 0.2) is 45.3 Å². The molecule has 0 saturated carbocycles. The molecule has 0 saturated heterocycles. The first-order valence-corrected chi connectivity index (χ1v) is 7.42. The van der Waals surface area contributed by atoms with Crippen LogP contribution in [0.4, 0.5) is 0 Å². The van der Waals surface area contributed by atoms with Crippen molar-refractivity contribution in [3.8, 4) is 11.5 Å². The van der Waals surface area contributed by atoms with Crippen molar-refractivity contribution in [2.24, 2.45) is 0 Å². The molecule has 2 rings (SSSR count). The molecule has 20 heavy (non-hydrogen) atoms. The van der Waals surface area contributed by atoms with Crippen LogP contribution in [0.1, 0.15) is 15.9 Å². The Balaban J connectivity index is 2.33. The Bertz CT molecular complexity index is 630. The second kappa shape index (κ2) is 6.41. The largest absolute Gasteiger partial charge is 0.496 e. The zero-order chi connectivity index (χ0) is 14.7. The number of carbonyl (C=O) groups excluding carboxylic acids is 1. The highest BCUT2D eigenvalue weighted by Crippen LogP contribution is 2.33. The molecule has 0 N–H and O–H groups in total. The molecule has 0 aliphatic carbocycles. The second-order valence-electron chi connectivity index (χ2n) is 4.12. The molecule has 104 valence electrons. The third-order valence-electron chi connectivity index (χ3n) is 2.72. The number of benzene rings is 2.